The first-order chi connectivity index (χ1) is 22.7. The molecule has 4 aromatic rings. The molecule has 0 aliphatic rings. The number of aliphatic hydroxyl groups is 2. The van der Waals surface area contributed by atoms with Gasteiger partial charge in [0.15, 0.2) is 0 Å². The summed E-state index contributed by atoms with van der Waals surface area (Å²) < 4.78 is 0. The third kappa shape index (κ3) is 11.3. The third-order valence-corrected chi connectivity index (χ3v) is 15.2. The van der Waals surface area contributed by atoms with Gasteiger partial charge in [-0.15, -0.1) is 0 Å². The maximum atomic E-state index is 12.6. The first-order valence-electron chi connectivity index (χ1n) is 16.3. The van der Waals surface area contributed by atoms with Crippen molar-refractivity contribution in [3.05, 3.63) is 148 Å². The summed E-state index contributed by atoms with van der Waals surface area (Å²) in [7, 11) is 0. The van der Waals surface area contributed by atoms with Gasteiger partial charge in [0.2, 0.25) is 0 Å². The Bertz CT molecular complexity index is 1440. The number of hydrogen-bond donors (Lipinski definition) is 3. The van der Waals surface area contributed by atoms with Gasteiger partial charge in [0.1, 0.15) is 0 Å². The molecule has 250 valence electrons. The van der Waals surface area contributed by atoms with Gasteiger partial charge in [-0.05, 0) is 12.1 Å². The number of carbonyl (C=O) groups excluding carboxylic acids is 1. The molecular formula is C38H46ClN2O5P. The molecule has 7 nitrogen and oxygen atoms in total. The molecule has 9 heteroatoms. The van der Waals surface area contributed by atoms with Crippen molar-refractivity contribution in [2.75, 3.05) is 12.8 Å². The van der Waals surface area contributed by atoms with Crippen LogP contribution in [0.15, 0.2) is 115 Å². The average Bonchev–Trinajstić information content (AvgIpc) is 3.07. The number of nitrogens with zero attached hydrogens (tertiary/aromatic N) is 1. The minimum absolute atomic E-state index is 0.0942. The Labute approximate surface area is 282 Å². The molecule has 4 aromatic carbocycles. The van der Waals surface area contributed by atoms with Crippen LogP contribution in [0.25, 0.3) is 0 Å². The topological polar surface area (TPSA) is 113 Å². The zero-order chi connectivity index (χ0) is 33.6. The molecule has 0 saturated carbocycles. The normalized spacial score (nSPS) is 13.6. The minimum atomic E-state index is -2.86. The summed E-state index contributed by atoms with van der Waals surface area (Å²) >= 11 is 8.14. The molecule has 3 N–H and O–H groups in total. The van der Waals surface area contributed by atoms with Crippen LogP contribution in [0.5, 0.6) is 0 Å². The van der Waals surface area contributed by atoms with Crippen LogP contribution in [0.1, 0.15) is 66.9 Å². The van der Waals surface area contributed by atoms with E-state index >= 15 is 0 Å². The minimum Gasteiger partial charge on any atom is -0.258 e. The van der Waals surface area contributed by atoms with Crippen LogP contribution in [0, 0.1) is 10.1 Å². The van der Waals surface area contributed by atoms with Crippen LogP contribution in [-0.4, -0.2) is 39.9 Å². The molecule has 4 rings (SSSR count). The average molecular weight is 677 g/mol. The Kier molecular flexibility index (Phi) is 13.5. The second kappa shape index (κ2) is 17.5. The first-order valence-corrected chi connectivity index (χ1v) is 20.2. The summed E-state index contributed by atoms with van der Waals surface area (Å²) in [4.78, 5) is 23.0. The molecular weight excluding hydrogens is 631 g/mol. The van der Waals surface area contributed by atoms with Crippen LogP contribution < -0.4 is 5.32 Å². The standard InChI is InChI=1S/C38H46ClN2O5P/c39-47(28-31-15-7-4-8-16-31,29-32-17-9-5-10-18-32,30-33-19-11-6-12-20-33)26-14-3-1-2-13-21-37(43)40-36(27-42)38(44)34-22-24-35(25-23-34)41(45)46/h4-12,15-20,22-25,36,38,42,44H,1-3,13-14,21,26-30H2,(H,40,43)/t36-,38-/m1/s1. The van der Waals surface area contributed by atoms with Crippen molar-refractivity contribution in [1.82, 2.24) is 5.32 Å². The van der Waals surface area contributed by atoms with Gasteiger partial charge < -0.3 is 0 Å². The van der Waals surface area contributed by atoms with E-state index in [-0.39, 0.29) is 18.0 Å². The molecule has 47 heavy (non-hydrogen) atoms. The summed E-state index contributed by atoms with van der Waals surface area (Å²) in [5.41, 5.74) is 4.12. The van der Waals surface area contributed by atoms with Crippen molar-refractivity contribution < 1.29 is 19.9 Å². The van der Waals surface area contributed by atoms with Crippen LogP contribution in [0.3, 0.4) is 0 Å². The molecule has 0 saturated heterocycles. The number of aliphatic hydroxyl groups excluding tert-OH is 2. The number of carbonyl (C=O) groups is 1. The second-order valence-corrected chi connectivity index (χ2v) is 20.5. The van der Waals surface area contributed by atoms with Crippen LogP contribution >= 0.6 is 17.2 Å². The van der Waals surface area contributed by atoms with Gasteiger partial charge in [-0.25, -0.2) is 0 Å². The predicted molar refractivity (Wildman–Crippen MR) is 193 cm³/mol. The van der Waals surface area contributed by atoms with E-state index in [2.05, 4.69) is 78.1 Å². The predicted octanol–water partition coefficient (Wildman–Crippen LogP) is 8.75. The van der Waals surface area contributed by atoms with E-state index in [0.29, 0.717) is 12.0 Å². The molecule has 0 aromatic heterocycles. The summed E-state index contributed by atoms with van der Waals surface area (Å²) in [6, 6.07) is 36.4. The molecule has 0 aliphatic heterocycles. The van der Waals surface area contributed by atoms with E-state index in [0.717, 1.165) is 50.3 Å². The van der Waals surface area contributed by atoms with E-state index in [9.17, 15) is 25.1 Å². The summed E-state index contributed by atoms with van der Waals surface area (Å²) in [5.74, 6) is -3.10. The van der Waals surface area contributed by atoms with E-state index in [1.165, 1.54) is 41.0 Å². The van der Waals surface area contributed by atoms with E-state index in [4.69, 9.17) is 11.2 Å². The number of benzene rings is 4. The first kappa shape index (κ1) is 36.2. The fourth-order valence-electron chi connectivity index (χ4n) is 6.38. The van der Waals surface area contributed by atoms with Gasteiger partial charge in [0.05, 0.1) is 4.92 Å². The summed E-state index contributed by atoms with van der Waals surface area (Å²) in [5, 5.41) is 34.1. The van der Waals surface area contributed by atoms with Crippen molar-refractivity contribution >= 4 is 28.8 Å². The number of hydrogen-bond acceptors (Lipinski definition) is 5. The fourth-order valence-corrected chi connectivity index (χ4v) is 13.2. The zero-order valence-corrected chi connectivity index (χ0v) is 28.4. The maximum absolute atomic E-state index is 12.6. The number of amides is 1. The number of non-ortho nitro benzene ring substituents is 1. The number of unbranched alkanes of at least 4 members (excludes halogenated alkanes) is 4. The molecule has 0 aliphatic carbocycles. The molecule has 0 heterocycles. The number of nitrogens with one attached hydrogen (secondary N) is 1. The van der Waals surface area contributed by atoms with Gasteiger partial charge in [-0.1, -0.05) is 0 Å². The summed E-state index contributed by atoms with van der Waals surface area (Å²) in [6.45, 7) is -0.455. The van der Waals surface area contributed by atoms with Crippen LogP contribution in [-0.2, 0) is 23.3 Å². The Morgan fingerprint density at radius 1 is 0.723 bits per heavy atom. The summed E-state index contributed by atoms with van der Waals surface area (Å²) in [6.07, 6.45) is 7.26. The Hall–Kier alpha value is -3.61. The van der Waals surface area contributed by atoms with Gasteiger partial charge in [-0.3, -0.25) is 10.1 Å². The molecule has 0 spiro atoms. The van der Waals surface area contributed by atoms with Crippen molar-refractivity contribution in [2.45, 2.75) is 69.2 Å². The van der Waals surface area contributed by atoms with Gasteiger partial charge >= 0.3 is 239 Å². The molecule has 1 amide bonds. The van der Waals surface area contributed by atoms with Crippen molar-refractivity contribution in [2.24, 2.45) is 0 Å². The van der Waals surface area contributed by atoms with E-state index in [1.807, 2.05) is 18.2 Å². The smallest absolute Gasteiger partial charge is 0.258 e. The quantitative estimate of drug-likeness (QED) is 0.0398. The Morgan fingerprint density at radius 2 is 1.17 bits per heavy atom. The number of rotatable bonds is 19. The number of halogens is 1. The van der Waals surface area contributed by atoms with Gasteiger partial charge in [0, 0.05) is 12.1 Å². The second-order valence-electron chi connectivity index (χ2n) is 12.6. The van der Waals surface area contributed by atoms with Crippen molar-refractivity contribution in [3.8, 4) is 0 Å². The molecule has 0 unspecified atom stereocenters. The number of nitro groups is 1. The molecule has 0 radical (unpaired) electrons. The van der Waals surface area contributed by atoms with Gasteiger partial charge in [-0.2, -0.15) is 0 Å². The molecule has 0 fully saturated rings. The van der Waals surface area contributed by atoms with Crippen molar-refractivity contribution in [1.29, 1.82) is 0 Å². The molecule has 2 atom stereocenters. The third-order valence-electron chi connectivity index (χ3n) is 8.75. The molecule has 0 bridgehead atoms. The fraction of sp³-hybridized carbons (Fsp3) is 0.342. The van der Waals surface area contributed by atoms with E-state index in [1.54, 1.807) is 0 Å². The number of nitro benzene ring substituents is 1. The van der Waals surface area contributed by atoms with E-state index < -0.39 is 29.6 Å². The zero-order valence-electron chi connectivity index (χ0n) is 26.8. The van der Waals surface area contributed by atoms with Gasteiger partial charge in [0.25, 0.3) is 5.69 Å². The van der Waals surface area contributed by atoms with Crippen LogP contribution in [0.2, 0.25) is 0 Å². The van der Waals surface area contributed by atoms with Crippen LogP contribution in [0.4, 0.5) is 5.69 Å². The van der Waals surface area contributed by atoms with Crippen molar-refractivity contribution in [3.63, 3.8) is 0 Å². The Balaban J connectivity index is 1.32. The Morgan fingerprint density at radius 3 is 1.62 bits per heavy atom. The SMILES string of the molecule is O=C(CCCCCCCP(Cl)(Cc1ccccc1)(Cc1ccccc1)Cc1ccccc1)N[C@H](CO)[C@H](O)c1ccc([N+](=O)[O-])cc1. The monoisotopic (exact) mass is 676 g/mol.